The maximum atomic E-state index is 12.9. The molecule has 0 bridgehead atoms. The highest BCUT2D eigenvalue weighted by Crippen LogP contribution is 2.45. The molecule has 2 aliphatic carbocycles. The van der Waals surface area contributed by atoms with Crippen LogP contribution in [0.1, 0.15) is 77.0 Å². The molecule has 0 atom stereocenters. The summed E-state index contributed by atoms with van der Waals surface area (Å²) in [7, 11) is -3.69. The molecule has 0 unspecified atom stereocenters. The SMILES string of the molecule is O=C(CC1(CC2=NS(=O)(=O)c3ccccc3N2)CCCC1)NC1CCCCCC1. The van der Waals surface area contributed by atoms with Gasteiger partial charge in [0.15, 0.2) is 0 Å². The van der Waals surface area contributed by atoms with Crippen LogP contribution in [0.25, 0.3) is 0 Å². The van der Waals surface area contributed by atoms with E-state index >= 15 is 0 Å². The molecule has 0 saturated heterocycles. The highest BCUT2D eigenvalue weighted by Gasteiger charge is 2.39. The molecule has 0 aromatic heterocycles. The van der Waals surface area contributed by atoms with Crippen LogP contribution in [-0.4, -0.2) is 26.2 Å². The molecule has 0 spiro atoms. The standard InChI is InChI=1S/C22H31N3O3S/c26-21(23-17-9-3-1-2-4-10-17)16-22(13-7-8-14-22)15-20-24-18-11-5-6-12-19(18)29(27,28)25-20/h5-6,11-12,17H,1-4,7-10,13-16H2,(H,23,26)(H,24,25). The first-order valence-electron chi connectivity index (χ1n) is 11.0. The summed E-state index contributed by atoms with van der Waals surface area (Å²) < 4.78 is 29.2. The van der Waals surface area contributed by atoms with Crippen LogP contribution in [0, 0.1) is 5.41 Å². The number of nitrogens with zero attached hydrogens (tertiary/aromatic N) is 1. The van der Waals surface area contributed by atoms with Crippen LogP contribution in [0.5, 0.6) is 0 Å². The summed E-state index contributed by atoms with van der Waals surface area (Å²) in [6, 6.07) is 7.15. The second kappa shape index (κ2) is 8.46. The molecular weight excluding hydrogens is 386 g/mol. The minimum Gasteiger partial charge on any atom is -0.353 e. The van der Waals surface area contributed by atoms with E-state index < -0.39 is 10.0 Å². The Kier molecular flexibility index (Phi) is 5.95. The molecule has 1 amide bonds. The van der Waals surface area contributed by atoms with Crippen molar-refractivity contribution in [3.05, 3.63) is 24.3 Å². The molecule has 4 rings (SSSR count). The summed E-state index contributed by atoms with van der Waals surface area (Å²) in [6.45, 7) is 0. The van der Waals surface area contributed by atoms with Gasteiger partial charge in [0, 0.05) is 18.9 Å². The van der Waals surface area contributed by atoms with Crippen molar-refractivity contribution in [3.63, 3.8) is 0 Å². The first kappa shape index (κ1) is 20.4. The van der Waals surface area contributed by atoms with E-state index in [4.69, 9.17) is 0 Å². The van der Waals surface area contributed by atoms with Gasteiger partial charge in [-0.1, -0.05) is 50.7 Å². The van der Waals surface area contributed by atoms with Crippen LogP contribution in [0.2, 0.25) is 0 Å². The summed E-state index contributed by atoms with van der Waals surface area (Å²) in [5, 5.41) is 6.47. The Balaban J connectivity index is 1.46. The van der Waals surface area contributed by atoms with Crippen molar-refractivity contribution >= 4 is 27.5 Å². The van der Waals surface area contributed by atoms with Crippen molar-refractivity contribution in [2.24, 2.45) is 9.81 Å². The average Bonchev–Trinajstić information content (AvgIpc) is 2.95. The maximum Gasteiger partial charge on any atom is 0.286 e. The number of anilines is 1. The number of carbonyl (C=O) groups excluding carboxylic acids is 1. The highest BCUT2D eigenvalue weighted by molar-refractivity contribution is 7.90. The summed E-state index contributed by atoms with van der Waals surface area (Å²) in [6.07, 6.45) is 12.0. The topological polar surface area (TPSA) is 87.6 Å². The Morgan fingerprint density at radius 2 is 1.76 bits per heavy atom. The third kappa shape index (κ3) is 4.82. The average molecular weight is 418 g/mol. The monoisotopic (exact) mass is 417 g/mol. The fourth-order valence-electron chi connectivity index (χ4n) is 5.18. The number of amides is 1. The highest BCUT2D eigenvalue weighted by atomic mass is 32.2. The third-order valence-electron chi connectivity index (χ3n) is 6.64. The van der Waals surface area contributed by atoms with Crippen LogP contribution in [0.15, 0.2) is 33.6 Å². The lowest BCUT2D eigenvalue weighted by atomic mass is 9.78. The Labute approximate surface area is 173 Å². The van der Waals surface area contributed by atoms with Crippen molar-refractivity contribution < 1.29 is 13.2 Å². The molecule has 1 aromatic rings. The predicted molar refractivity (Wildman–Crippen MR) is 114 cm³/mol. The zero-order valence-corrected chi connectivity index (χ0v) is 17.8. The molecule has 158 valence electrons. The summed E-state index contributed by atoms with van der Waals surface area (Å²) in [5.74, 6) is 0.575. The van der Waals surface area contributed by atoms with E-state index in [1.54, 1.807) is 18.2 Å². The Bertz CT molecular complexity index is 880. The molecule has 6 nitrogen and oxygen atoms in total. The number of fused-ring (bicyclic) bond motifs is 1. The predicted octanol–water partition coefficient (Wildman–Crippen LogP) is 4.38. The molecular formula is C22H31N3O3S. The molecule has 1 heterocycles. The van der Waals surface area contributed by atoms with E-state index in [1.165, 1.54) is 25.7 Å². The zero-order chi connectivity index (χ0) is 20.3. The number of sulfonamides is 1. The maximum absolute atomic E-state index is 12.9. The van der Waals surface area contributed by atoms with Crippen LogP contribution < -0.4 is 10.6 Å². The molecule has 2 N–H and O–H groups in total. The molecule has 0 radical (unpaired) electrons. The Morgan fingerprint density at radius 3 is 2.48 bits per heavy atom. The van der Waals surface area contributed by atoms with Gasteiger partial charge in [-0.05, 0) is 43.2 Å². The number of hydrogen-bond acceptors (Lipinski definition) is 4. The lowest BCUT2D eigenvalue weighted by molar-refractivity contribution is -0.124. The molecule has 1 aromatic carbocycles. The van der Waals surface area contributed by atoms with Gasteiger partial charge in [0.25, 0.3) is 10.0 Å². The van der Waals surface area contributed by atoms with Gasteiger partial charge >= 0.3 is 0 Å². The van der Waals surface area contributed by atoms with Gasteiger partial charge in [0.2, 0.25) is 5.91 Å². The van der Waals surface area contributed by atoms with Crippen LogP contribution in [-0.2, 0) is 14.8 Å². The molecule has 2 saturated carbocycles. The minimum absolute atomic E-state index is 0.110. The van der Waals surface area contributed by atoms with Crippen molar-refractivity contribution in [1.82, 2.24) is 5.32 Å². The Hall–Kier alpha value is -1.89. The molecule has 1 aliphatic heterocycles. The van der Waals surface area contributed by atoms with E-state index in [0.717, 1.165) is 38.5 Å². The Morgan fingerprint density at radius 1 is 1.07 bits per heavy atom. The van der Waals surface area contributed by atoms with Gasteiger partial charge in [-0.15, -0.1) is 4.40 Å². The number of para-hydroxylation sites is 1. The number of benzene rings is 1. The molecule has 3 aliphatic rings. The van der Waals surface area contributed by atoms with Gasteiger partial charge in [-0.2, -0.15) is 8.42 Å². The van der Waals surface area contributed by atoms with Gasteiger partial charge in [-0.25, -0.2) is 0 Å². The lowest BCUT2D eigenvalue weighted by Crippen LogP contribution is -2.39. The fraction of sp³-hybridized carbons (Fsp3) is 0.636. The van der Waals surface area contributed by atoms with E-state index in [2.05, 4.69) is 15.0 Å². The van der Waals surface area contributed by atoms with Gasteiger partial charge in [-0.3, -0.25) is 4.79 Å². The van der Waals surface area contributed by atoms with Crippen molar-refractivity contribution in [2.45, 2.75) is 88.0 Å². The first-order valence-corrected chi connectivity index (χ1v) is 12.4. The second-order valence-corrected chi connectivity index (χ2v) is 10.5. The zero-order valence-electron chi connectivity index (χ0n) is 17.0. The van der Waals surface area contributed by atoms with Crippen LogP contribution >= 0.6 is 0 Å². The molecule has 7 heteroatoms. The van der Waals surface area contributed by atoms with E-state index in [0.29, 0.717) is 30.4 Å². The van der Waals surface area contributed by atoms with Gasteiger partial charge in [0.05, 0.1) is 5.69 Å². The number of rotatable bonds is 5. The van der Waals surface area contributed by atoms with Crippen molar-refractivity contribution in [1.29, 1.82) is 0 Å². The summed E-state index contributed by atoms with van der Waals surface area (Å²) in [4.78, 5) is 13.1. The van der Waals surface area contributed by atoms with E-state index in [-0.39, 0.29) is 16.2 Å². The smallest absolute Gasteiger partial charge is 0.286 e. The molecule has 2 fully saturated rings. The summed E-state index contributed by atoms with van der Waals surface area (Å²) in [5.41, 5.74) is 0.371. The third-order valence-corrected chi connectivity index (χ3v) is 8.01. The van der Waals surface area contributed by atoms with Gasteiger partial charge in [0.1, 0.15) is 10.7 Å². The molecule has 29 heavy (non-hydrogen) atoms. The normalized spacial score (nSPS) is 23.4. The second-order valence-electron chi connectivity index (χ2n) is 8.95. The fourth-order valence-corrected chi connectivity index (χ4v) is 6.33. The number of carbonyl (C=O) groups is 1. The van der Waals surface area contributed by atoms with Gasteiger partial charge < -0.3 is 10.6 Å². The van der Waals surface area contributed by atoms with E-state index in [1.807, 2.05) is 6.07 Å². The summed E-state index contributed by atoms with van der Waals surface area (Å²) >= 11 is 0. The number of hydrogen-bond donors (Lipinski definition) is 2. The van der Waals surface area contributed by atoms with Crippen molar-refractivity contribution in [3.8, 4) is 0 Å². The minimum atomic E-state index is -3.69. The van der Waals surface area contributed by atoms with Crippen LogP contribution in [0.3, 0.4) is 0 Å². The van der Waals surface area contributed by atoms with E-state index in [9.17, 15) is 13.2 Å². The quantitative estimate of drug-likeness (QED) is 0.696. The number of amidine groups is 1. The van der Waals surface area contributed by atoms with Crippen LogP contribution in [0.4, 0.5) is 5.69 Å². The van der Waals surface area contributed by atoms with Crippen molar-refractivity contribution in [2.75, 3.05) is 5.32 Å². The largest absolute Gasteiger partial charge is 0.353 e. The first-order chi connectivity index (χ1) is 14.0. The number of nitrogens with one attached hydrogen (secondary N) is 2. The lowest BCUT2D eigenvalue weighted by Gasteiger charge is -2.31.